The Kier molecular flexibility index (Phi) is 7.21. The predicted molar refractivity (Wildman–Crippen MR) is 101 cm³/mol. The SMILES string of the molecule is [CH2]C(CC)(C(=O)OC(=O)Cc1ccccc1)C(=O)OC(=O)Cc1ccccc1. The molecule has 0 atom stereocenters. The molecule has 0 amide bonds. The Morgan fingerprint density at radius 1 is 0.750 bits per heavy atom. The Morgan fingerprint density at radius 2 is 1.11 bits per heavy atom. The third-order valence-electron chi connectivity index (χ3n) is 4.18. The van der Waals surface area contributed by atoms with Crippen LogP contribution < -0.4 is 0 Å². The van der Waals surface area contributed by atoms with E-state index in [0.29, 0.717) is 11.1 Å². The molecule has 145 valence electrons. The molecule has 0 saturated heterocycles. The number of rotatable bonds is 7. The van der Waals surface area contributed by atoms with Crippen LogP contribution in [0.2, 0.25) is 0 Å². The van der Waals surface area contributed by atoms with Gasteiger partial charge in [-0.1, -0.05) is 67.6 Å². The van der Waals surface area contributed by atoms with E-state index in [0.717, 1.165) is 0 Å². The molecule has 0 fully saturated rings. The summed E-state index contributed by atoms with van der Waals surface area (Å²) in [6.45, 7) is 5.07. The largest absolute Gasteiger partial charge is 0.392 e. The van der Waals surface area contributed by atoms with Gasteiger partial charge in [0.1, 0.15) is 0 Å². The Balaban J connectivity index is 1.97. The van der Waals surface area contributed by atoms with Crippen molar-refractivity contribution in [2.45, 2.75) is 26.2 Å². The summed E-state index contributed by atoms with van der Waals surface area (Å²) in [5.74, 6) is -3.93. The lowest BCUT2D eigenvalue weighted by Crippen LogP contribution is -2.41. The van der Waals surface area contributed by atoms with E-state index >= 15 is 0 Å². The number of ether oxygens (including phenoxy) is 2. The maximum Gasteiger partial charge on any atom is 0.331 e. The molecular formula is C22H21O6. The van der Waals surface area contributed by atoms with E-state index in [1.807, 2.05) is 0 Å². The monoisotopic (exact) mass is 381 g/mol. The maximum atomic E-state index is 12.4. The van der Waals surface area contributed by atoms with Gasteiger partial charge < -0.3 is 9.47 Å². The summed E-state index contributed by atoms with van der Waals surface area (Å²) >= 11 is 0. The molecule has 6 nitrogen and oxygen atoms in total. The first kappa shape index (κ1) is 21.0. The van der Waals surface area contributed by atoms with Crippen LogP contribution in [0.15, 0.2) is 60.7 Å². The molecule has 0 spiro atoms. The number of benzene rings is 2. The summed E-state index contributed by atoms with van der Waals surface area (Å²) in [5, 5.41) is 0. The van der Waals surface area contributed by atoms with Gasteiger partial charge in [0.15, 0.2) is 5.41 Å². The molecule has 0 bridgehead atoms. The third-order valence-corrected chi connectivity index (χ3v) is 4.18. The second-order valence-electron chi connectivity index (χ2n) is 6.28. The topological polar surface area (TPSA) is 86.7 Å². The highest BCUT2D eigenvalue weighted by Crippen LogP contribution is 2.25. The third kappa shape index (κ3) is 5.61. The van der Waals surface area contributed by atoms with Crippen LogP contribution in [0.25, 0.3) is 0 Å². The highest BCUT2D eigenvalue weighted by atomic mass is 16.6. The fourth-order valence-corrected chi connectivity index (χ4v) is 2.37. The van der Waals surface area contributed by atoms with E-state index in [9.17, 15) is 19.2 Å². The molecule has 6 heteroatoms. The van der Waals surface area contributed by atoms with Crippen molar-refractivity contribution < 1.29 is 28.7 Å². The van der Waals surface area contributed by atoms with Crippen LogP contribution in [-0.2, 0) is 41.5 Å². The number of carbonyl (C=O) groups excluding carboxylic acids is 4. The van der Waals surface area contributed by atoms with E-state index in [2.05, 4.69) is 6.92 Å². The minimum atomic E-state index is -2.00. The molecule has 0 aliphatic heterocycles. The van der Waals surface area contributed by atoms with Crippen LogP contribution in [0.1, 0.15) is 24.5 Å². The molecule has 0 unspecified atom stereocenters. The second kappa shape index (κ2) is 9.60. The summed E-state index contributed by atoms with van der Waals surface area (Å²) in [5.41, 5.74) is -0.683. The van der Waals surface area contributed by atoms with Gasteiger partial charge in [0.2, 0.25) is 0 Å². The van der Waals surface area contributed by atoms with E-state index in [1.165, 1.54) is 6.92 Å². The van der Waals surface area contributed by atoms with Crippen LogP contribution in [0.4, 0.5) is 0 Å². The highest BCUT2D eigenvalue weighted by molar-refractivity contribution is 6.06. The van der Waals surface area contributed by atoms with E-state index in [4.69, 9.17) is 9.47 Å². The number of hydrogen-bond acceptors (Lipinski definition) is 6. The van der Waals surface area contributed by atoms with Gasteiger partial charge in [-0.15, -0.1) is 0 Å². The molecule has 0 aromatic heterocycles. The number of hydrogen-bond donors (Lipinski definition) is 0. The standard InChI is InChI=1S/C22H21O6/c1-3-22(2,20(25)27-18(23)14-16-10-6-4-7-11-16)21(26)28-19(24)15-17-12-8-5-9-13-17/h4-13H,2-3,14-15H2,1H3. The van der Waals surface area contributed by atoms with Gasteiger partial charge in [-0.25, -0.2) is 0 Å². The van der Waals surface area contributed by atoms with Crippen molar-refractivity contribution in [3.05, 3.63) is 78.7 Å². The zero-order valence-electron chi connectivity index (χ0n) is 15.6. The Morgan fingerprint density at radius 3 is 1.43 bits per heavy atom. The van der Waals surface area contributed by atoms with Gasteiger partial charge in [-0.2, -0.15) is 0 Å². The fourth-order valence-electron chi connectivity index (χ4n) is 2.37. The average molecular weight is 381 g/mol. The first-order valence-electron chi connectivity index (χ1n) is 8.78. The van der Waals surface area contributed by atoms with Crippen LogP contribution in [0, 0.1) is 12.3 Å². The summed E-state index contributed by atoms with van der Waals surface area (Å²) in [6.07, 6.45) is -0.357. The van der Waals surface area contributed by atoms with Gasteiger partial charge in [0, 0.05) is 0 Å². The van der Waals surface area contributed by atoms with Gasteiger partial charge >= 0.3 is 23.9 Å². The lowest BCUT2D eigenvalue weighted by Gasteiger charge is -2.22. The zero-order chi connectivity index (χ0) is 20.6. The minimum Gasteiger partial charge on any atom is -0.392 e. The van der Waals surface area contributed by atoms with Crippen LogP contribution in [0.3, 0.4) is 0 Å². The van der Waals surface area contributed by atoms with E-state index in [1.54, 1.807) is 60.7 Å². The molecule has 28 heavy (non-hydrogen) atoms. The second-order valence-corrected chi connectivity index (χ2v) is 6.28. The maximum absolute atomic E-state index is 12.4. The van der Waals surface area contributed by atoms with Crippen LogP contribution in [-0.4, -0.2) is 23.9 Å². The van der Waals surface area contributed by atoms with Crippen molar-refractivity contribution in [2.24, 2.45) is 5.41 Å². The van der Waals surface area contributed by atoms with Gasteiger partial charge in [-0.05, 0) is 24.5 Å². The first-order chi connectivity index (χ1) is 13.3. The van der Waals surface area contributed by atoms with Crippen LogP contribution in [0.5, 0.6) is 0 Å². The van der Waals surface area contributed by atoms with E-state index in [-0.39, 0.29) is 19.3 Å². The minimum absolute atomic E-state index is 0.0953. The van der Waals surface area contributed by atoms with Crippen molar-refractivity contribution in [1.82, 2.24) is 0 Å². The first-order valence-corrected chi connectivity index (χ1v) is 8.78. The molecule has 0 aliphatic rings. The van der Waals surface area contributed by atoms with Crippen molar-refractivity contribution in [3.8, 4) is 0 Å². The van der Waals surface area contributed by atoms with Crippen molar-refractivity contribution in [3.63, 3.8) is 0 Å². The summed E-state index contributed by atoms with van der Waals surface area (Å²) in [4.78, 5) is 48.7. The summed E-state index contributed by atoms with van der Waals surface area (Å²) < 4.78 is 9.56. The zero-order valence-corrected chi connectivity index (χ0v) is 15.6. The lowest BCUT2D eigenvalue weighted by atomic mass is 9.88. The molecule has 1 radical (unpaired) electrons. The molecule has 0 N–H and O–H groups in total. The smallest absolute Gasteiger partial charge is 0.331 e. The normalized spacial score (nSPS) is 10.8. The van der Waals surface area contributed by atoms with Gasteiger partial charge in [-0.3, -0.25) is 19.2 Å². The van der Waals surface area contributed by atoms with Crippen molar-refractivity contribution in [2.75, 3.05) is 0 Å². The Hall–Kier alpha value is -3.28. The molecule has 0 aliphatic carbocycles. The molecule has 2 aromatic rings. The van der Waals surface area contributed by atoms with Gasteiger partial charge in [0.25, 0.3) is 0 Å². The molecular weight excluding hydrogens is 360 g/mol. The van der Waals surface area contributed by atoms with E-state index < -0.39 is 29.3 Å². The molecule has 0 saturated carbocycles. The predicted octanol–water partition coefficient (Wildman–Crippen LogP) is 2.84. The molecule has 2 aromatic carbocycles. The average Bonchev–Trinajstić information content (AvgIpc) is 2.68. The molecule has 2 rings (SSSR count). The summed E-state index contributed by atoms with van der Waals surface area (Å²) in [6, 6.07) is 17.4. The highest BCUT2D eigenvalue weighted by Gasteiger charge is 2.45. The lowest BCUT2D eigenvalue weighted by molar-refractivity contribution is -0.176. The summed E-state index contributed by atoms with van der Waals surface area (Å²) in [7, 11) is 0. The Labute approximate surface area is 163 Å². The Bertz CT molecular complexity index is 774. The van der Waals surface area contributed by atoms with Crippen molar-refractivity contribution >= 4 is 23.9 Å². The van der Waals surface area contributed by atoms with Crippen molar-refractivity contribution in [1.29, 1.82) is 0 Å². The number of carbonyl (C=O) groups is 4. The molecule has 0 heterocycles. The quantitative estimate of drug-likeness (QED) is 0.541. The number of esters is 4. The van der Waals surface area contributed by atoms with Crippen LogP contribution >= 0.6 is 0 Å². The van der Waals surface area contributed by atoms with Gasteiger partial charge in [0.05, 0.1) is 12.8 Å². The fraction of sp³-hybridized carbons (Fsp3) is 0.227.